The fourth-order valence-electron chi connectivity index (χ4n) is 2.09. The van der Waals surface area contributed by atoms with E-state index in [0.717, 1.165) is 17.2 Å². The van der Waals surface area contributed by atoms with Crippen LogP contribution in [0.2, 0.25) is 0 Å². The lowest BCUT2D eigenvalue weighted by Gasteiger charge is -2.03. The van der Waals surface area contributed by atoms with Gasteiger partial charge in [0.05, 0.1) is 0 Å². The number of nitrogens with one attached hydrogen (secondary N) is 2. The maximum absolute atomic E-state index is 12.1. The summed E-state index contributed by atoms with van der Waals surface area (Å²) >= 11 is 0. The third kappa shape index (κ3) is 6.98. The van der Waals surface area contributed by atoms with Crippen molar-refractivity contribution in [1.82, 2.24) is 4.98 Å². The molecule has 0 radical (unpaired) electrons. The largest absolute Gasteiger partial charge is 0.508 e. The van der Waals surface area contributed by atoms with Gasteiger partial charge >= 0.3 is 0 Å². The van der Waals surface area contributed by atoms with Crippen LogP contribution in [0.25, 0.3) is 10.9 Å². The number of aromatic amines is 1. The highest BCUT2D eigenvalue weighted by molar-refractivity contribution is 6.06. The molecule has 0 fully saturated rings. The van der Waals surface area contributed by atoms with E-state index in [-0.39, 0.29) is 11.7 Å². The molecule has 0 aliphatic rings. The second-order valence-electron chi connectivity index (χ2n) is 4.65. The predicted molar refractivity (Wildman–Crippen MR) is 114 cm³/mol. The number of rotatable bonds is 3. The summed E-state index contributed by atoms with van der Waals surface area (Å²) in [6.07, 6.45) is 0.766. The van der Waals surface area contributed by atoms with Crippen molar-refractivity contribution < 1.29 is 14.7 Å². The molecule has 3 N–H and O–H groups in total. The van der Waals surface area contributed by atoms with Crippen LogP contribution < -0.4 is 5.32 Å². The Balaban J connectivity index is 0.00000103. The first-order chi connectivity index (χ1) is 13.2. The molecule has 2 aromatic carbocycles. The molecule has 5 nitrogen and oxygen atoms in total. The Kier molecular flexibility index (Phi) is 11.7. The van der Waals surface area contributed by atoms with Crippen LogP contribution in [0.3, 0.4) is 0 Å². The van der Waals surface area contributed by atoms with E-state index in [2.05, 4.69) is 10.3 Å². The van der Waals surface area contributed by atoms with Crippen molar-refractivity contribution >= 4 is 28.8 Å². The highest BCUT2D eigenvalue weighted by Gasteiger charge is 2.10. The molecule has 5 heteroatoms. The van der Waals surface area contributed by atoms with Crippen LogP contribution in [-0.2, 0) is 0 Å². The second-order valence-corrected chi connectivity index (χ2v) is 4.65. The van der Waals surface area contributed by atoms with Crippen LogP contribution in [0.1, 0.15) is 62.4 Å². The van der Waals surface area contributed by atoms with E-state index in [1.165, 1.54) is 12.1 Å². The first-order valence-corrected chi connectivity index (χ1v) is 9.34. The number of phenols is 1. The molecule has 0 bridgehead atoms. The van der Waals surface area contributed by atoms with Gasteiger partial charge in [-0.15, -0.1) is 0 Å². The lowest BCUT2D eigenvalue weighted by molar-refractivity contribution is 0.102. The SMILES string of the molecule is CC.CC.CC.O=Cc1ccc2[nH]c(C(=O)Nc3ccc(O)cc3)cc2c1. The third-order valence-electron chi connectivity index (χ3n) is 3.15. The number of aldehydes is 1. The number of carbonyl (C=O) groups excluding carboxylic acids is 2. The zero-order chi connectivity index (χ0) is 20.8. The summed E-state index contributed by atoms with van der Waals surface area (Å²) in [4.78, 5) is 25.9. The van der Waals surface area contributed by atoms with Crippen molar-refractivity contribution in [3.63, 3.8) is 0 Å². The summed E-state index contributed by atoms with van der Waals surface area (Å²) in [5.74, 6) is -0.149. The molecule has 0 atom stereocenters. The average Bonchev–Trinajstić information content (AvgIpc) is 3.17. The van der Waals surface area contributed by atoms with Crippen molar-refractivity contribution in [3.05, 3.63) is 59.8 Å². The highest BCUT2D eigenvalue weighted by atomic mass is 16.3. The summed E-state index contributed by atoms with van der Waals surface area (Å²) in [5, 5.41) is 12.7. The van der Waals surface area contributed by atoms with E-state index in [1.807, 2.05) is 41.5 Å². The second kappa shape index (κ2) is 13.2. The van der Waals surface area contributed by atoms with Crippen molar-refractivity contribution in [3.8, 4) is 5.75 Å². The normalized spacial score (nSPS) is 8.81. The third-order valence-corrected chi connectivity index (χ3v) is 3.15. The number of phenolic OH excluding ortho intramolecular Hbond substituents is 1. The van der Waals surface area contributed by atoms with Gasteiger partial charge in [-0.1, -0.05) is 41.5 Å². The minimum absolute atomic E-state index is 0.139. The van der Waals surface area contributed by atoms with E-state index < -0.39 is 0 Å². The number of H-pyrrole nitrogens is 1. The van der Waals surface area contributed by atoms with Crippen molar-refractivity contribution in [2.75, 3.05) is 5.32 Å². The molecule has 0 spiro atoms. The standard InChI is InChI=1S/C16H12N2O3.3C2H6/c19-9-10-1-6-14-11(7-10)8-15(18-14)16(21)17-12-2-4-13(20)5-3-12;3*1-2/h1-9,18,20H,(H,17,21);3*1-2H3. The zero-order valence-corrected chi connectivity index (χ0v) is 17.0. The fraction of sp³-hybridized carbons (Fsp3) is 0.273. The first-order valence-electron chi connectivity index (χ1n) is 9.34. The number of amides is 1. The van der Waals surface area contributed by atoms with Gasteiger partial charge in [0.15, 0.2) is 0 Å². The maximum Gasteiger partial charge on any atom is 0.272 e. The van der Waals surface area contributed by atoms with Crippen molar-refractivity contribution in [2.24, 2.45) is 0 Å². The number of anilines is 1. The summed E-state index contributed by atoms with van der Waals surface area (Å²) in [6.45, 7) is 12.0. The molecule has 1 amide bonds. The summed E-state index contributed by atoms with van der Waals surface area (Å²) in [5.41, 5.74) is 2.34. The van der Waals surface area contributed by atoms with Crippen LogP contribution in [0.15, 0.2) is 48.5 Å². The molecule has 3 aromatic rings. The number of hydrogen-bond acceptors (Lipinski definition) is 3. The van der Waals surface area contributed by atoms with Gasteiger partial charge in [0, 0.05) is 22.2 Å². The lowest BCUT2D eigenvalue weighted by Crippen LogP contribution is -2.11. The van der Waals surface area contributed by atoms with Crippen LogP contribution >= 0.6 is 0 Å². The molecule has 0 saturated heterocycles. The minimum Gasteiger partial charge on any atom is -0.508 e. The monoisotopic (exact) mass is 370 g/mol. The number of benzene rings is 2. The Morgan fingerprint density at radius 3 is 2.07 bits per heavy atom. The van der Waals surface area contributed by atoms with E-state index in [4.69, 9.17) is 0 Å². The van der Waals surface area contributed by atoms with Crippen LogP contribution in [0.4, 0.5) is 5.69 Å². The Hall–Kier alpha value is -3.08. The maximum atomic E-state index is 12.1. The molecule has 0 saturated carbocycles. The molecular formula is C22H30N2O3. The molecule has 146 valence electrons. The Morgan fingerprint density at radius 2 is 1.52 bits per heavy atom. The molecular weight excluding hydrogens is 340 g/mol. The van der Waals surface area contributed by atoms with E-state index >= 15 is 0 Å². The fourth-order valence-corrected chi connectivity index (χ4v) is 2.09. The number of fused-ring (bicyclic) bond motifs is 1. The van der Waals surface area contributed by atoms with Crippen LogP contribution in [0.5, 0.6) is 5.75 Å². The smallest absolute Gasteiger partial charge is 0.272 e. The summed E-state index contributed by atoms with van der Waals surface area (Å²) in [7, 11) is 0. The van der Waals surface area contributed by atoms with Gasteiger partial charge in [0.2, 0.25) is 0 Å². The Morgan fingerprint density at radius 1 is 0.926 bits per heavy atom. The van der Waals surface area contributed by atoms with Crippen molar-refractivity contribution in [2.45, 2.75) is 41.5 Å². The van der Waals surface area contributed by atoms with Gasteiger partial charge in [-0.3, -0.25) is 9.59 Å². The average molecular weight is 370 g/mol. The van der Waals surface area contributed by atoms with E-state index in [9.17, 15) is 14.7 Å². The highest BCUT2D eigenvalue weighted by Crippen LogP contribution is 2.19. The molecule has 1 heterocycles. The molecule has 1 aromatic heterocycles. The van der Waals surface area contributed by atoms with E-state index in [0.29, 0.717) is 16.9 Å². The molecule has 27 heavy (non-hydrogen) atoms. The molecule has 0 aliphatic heterocycles. The Bertz CT molecular complexity index is 821. The number of aromatic hydroxyl groups is 1. The number of carbonyl (C=O) groups is 2. The molecule has 0 unspecified atom stereocenters. The first kappa shape index (κ1) is 23.9. The number of aromatic nitrogens is 1. The van der Waals surface area contributed by atoms with Gasteiger partial charge in [-0.2, -0.15) is 0 Å². The van der Waals surface area contributed by atoms with Crippen LogP contribution in [-0.4, -0.2) is 22.3 Å². The Labute approximate surface area is 161 Å². The van der Waals surface area contributed by atoms with Gasteiger partial charge in [-0.25, -0.2) is 0 Å². The quantitative estimate of drug-likeness (QED) is 0.389. The minimum atomic E-state index is -0.287. The van der Waals surface area contributed by atoms with Crippen LogP contribution in [0, 0.1) is 0 Å². The van der Waals surface area contributed by atoms with Gasteiger partial charge in [-0.05, 0) is 48.5 Å². The predicted octanol–water partition coefficient (Wildman–Crippen LogP) is 6.02. The summed E-state index contributed by atoms with van der Waals surface area (Å²) < 4.78 is 0. The lowest BCUT2D eigenvalue weighted by atomic mass is 10.2. The van der Waals surface area contributed by atoms with Gasteiger partial charge in [0.25, 0.3) is 5.91 Å². The molecule has 0 aliphatic carbocycles. The molecule has 3 rings (SSSR count). The van der Waals surface area contributed by atoms with Gasteiger partial charge < -0.3 is 15.4 Å². The zero-order valence-electron chi connectivity index (χ0n) is 17.0. The van der Waals surface area contributed by atoms with E-state index in [1.54, 1.807) is 36.4 Å². The summed E-state index contributed by atoms with van der Waals surface area (Å²) in [6, 6.07) is 13.1. The topological polar surface area (TPSA) is 82.2 Å². The van der Waals surface area contributed by atoms with Gasteiger partial charge in [0.1, 0.15) is 17.7 Å². The number of hydrogen-bond donors (Lipinski definition) is 3. The van der Waals surface area contributed by atoms with Crippen molar-refractivity contribution in [1.29, 1.82) is 0 Å².